The maximum atomic E-state index is 11.3. The molecule has 1 aliphatic heterocycles. The average molecular weight is 1200 g/mol. The zero-order valence-electron chi connectivity index (χ0n) is 47.7. The summed E-state index contributed by atoms with van der Waals surface area (Å²) >= 11 is 5.73. The van der Waals surface area contributed by atoms with Gasteiger partial charge in [0, 0.05) is 88.6 Å². The number of carbonyl (C=O) groups is 3. The van der Waals surface area contributed by atoms with Crippen LogP contribution in [0.15, 0.2) is 226 Å². The van der Waals surface area contributed by atoms with Crippen molar-refractivity contribution in [3.8, 4) is 39.5 Å². The van der Waals surface area contributed by atoms with E-state index in [9.17, 15) is 14.4 Å². The number of benzene rings is 6. The fourth-order valence-electron chi connectivity index (χ4n) is 9.39. The molecule has 11 N–H and O–H groups in total. The number of hydrogen-bond donors (Lipinski definition) is 10. The smallest absolute Gasteiger partial charge is 0.277 e. The Hall–Kier alpha value is -11.9. The Morgan fingerprint density at radius 3 is 1.57 bits per heavy atom. The first-order valence-electron chi connectivity index (χ1n) is 27.3. The highest BCUT2D eigenvalue weighted by Crippen LogP contribution is 2.42. The molecule has 1 unspecified atom stereocenters. The number of aromatic hydroxyl groups is 1. The molecule has 14 aromatic rings. The van der Waals surface area contributed by atoms with Gasteiger partial charge in [0.25, 0.3) is 8.05 Å². The zero-order valence-corrected chi connectivity index (χ0v) is 48.5. The van der Waals surface area contributed by atoms with E-state index < -0.39 is 0 Å². The summed E-state index contributed by atoms with van der Waals surface area (Å²) in [4.78, 5) is 77.8. The van der Waals surface area contributed by atoms with Gasteiger partial charge in [-0.1, -0.05) is 139 Å². The number of para-hydroxylation sites is 5. The first-order valence-corrected chi connectivity index (χ1v) is 27.7. The predicted octanol–water partition coefficient (Wildman–Crippen LogP) is 12.5. The van der Waals surface area contributed by atoms with Gasteiger partial charge in [-0.25, -0.2) is 39.9 Å². The Balaban J connectivity index is 0.000000131. The second-order valence-corrected chi connectivity index (χ2v) is 19.5. The van der Waals surface area contributed by atoms with E-state index in [1.54, 1.807) is 49.2 Å². The van der Waals surface area contributed by atoms with Crippen LogP contribution >= 0.6 is 11.6 Å². The van der Waals surface area contributed by atoms with Gasteiger partial charge in [-0.15, -0.1) is 0 Å². The van der Waals surface area contributed by atoms with E-state index in [4.69, 9.17) is 27.5 Å². The third-order valence-corrected chi connectivity index (χ3v) is 13.6. The number of phenolic OH excluding ortho intramolecular Hbond substituents is 1. The van der Waals surface area contributed by atoms with Gasteiger partial charge in [-0.2, -0.15) is 0 Å². The molecule has 0 spiro atoms. The molecule has 1 atom stereocenters. The minimum Gasteiger partial charge on any atom is -0.506 e. The standard InChI is InChI=1S/C19H14N4.C14H12N4O.C12H10N4.C8H9NO2.C7H6O.C6H4ClN3.BHO/c1-2-6-12(7-3-1)17-14-10-20-19-16(14)18(21-11-22-19)13-8-4-5-9-15(13)23-17;1-9(19)18-12-5-3-2-4-10(12)13-11-6-7-15-14(11)17-8-16-13;13-10-4-2-1-3-8(10)11-9-5-6-14-12(9)16-7-15-11;1-6(10)9-7-4-2-3-5-8(7)11;8-6-7-4-2-1-3-5-7;7-5-4-1-2-8-6(4)10-3-9-5;1-2/h1-11,17,23H,(H,20,21,22);2-8H,1H3,(H,18,19)(H,15,16,17);1-7H,13H2,(H,14,15,16);2-5,11H,1H3,(H,9,10);1-6H;1-3H,(H,8,9,10);2H. The van der Waals surface area contributed by atoms with E-state index >= 15 is 0 Å². The van der Waals surface area contributed by atoms with E-state index in [1.165, 1.54) is 43.7 Å². The first-order chi connectivity index (χ1) is 43.5. The fourth-order valence-corrected chi connectivity index (χ4v) is 9.59. The molecular weight excluding hydrogens is 1140 g/mol. The number of H-pyrrole nitrogens is 4. The third-order valence-electron chi connectivity index (χ3n) is 13.3. The Morgan fingerprint density at radius 1 is 0.517 bits per heavy atom. The third kappa shape index (κ3) is 15.3. The molecule has 0 saturated heterocycles. The average Bonchev–Trinajstić information content (AvgIpc) is 1.69. The molecule has 0 aliphatic carbocycles. The molecule has 15 rings (SSSR count). The Kier molecular flexibility index (Phi) is 21.0. The molecule has 0 bridgehead atoms. The van der Waals surface area contributed by atoms with E-state index in [-0.39, 0.29) is 23.6 Å². The van der Waals surface area contributed by atoms with Gasteiger partial charge < -0.3 is 51.8 Å². The van der Waals surface area contributed by atoms with Crippen LogP contribution in [0.5, 0.6) is 5.75 Å². The highest BCUT2D eigenvalue weighted by atomic mass is 35.5. The summed E-state index contributed by atoms with van der Waals surface area (Å²) in [6.07, 6.45) is 14.4. The van der Waals surface area contributed by atoms with Gasteiger partial charge in [0.1, 0.15) is 65.1 Å². The molecule has 23 heteroatoms. The molecule has 440 valence electrons. The van der Waals surface area contributed by atoms with Crippen molar-refractivity contribution in [2.24, 2.45) is 0 Å². The minimum absolute atomic E-state index is 0.0679. The van der Waals surface area contributed by atoms with Crippen LogP contribution in [0.2, 0.25) is 5.15 Å². The summed E-state index contributed by atoms with van der Waals surface area (Å²) in [5.41, 5.74) is 20.9. The molecule has 0 saturated carbocycles. The lowest BCUT2D eigenvalue weighted by atomic mass is 9.99. The van der Waals surface area contributed by atoms with Crippen LogP contribution in [0.25, 0.3) is 77.9 Å². The number of nitrogens with zero attached hydrogens (tertiary/aromatic N) is 8. The maximum Gasteiger partial charge on any atom is 0.277 e. The summed E-state index contributed by atoms with van der Waals surface area (Å²) in [6, 6.07) is 55.5. The molecule has 6 aromatic carbocycles. The van der Waals surface area contributed by atoms with Gasteiger partial charge in [0.05, 0.1) is 45.3 Å². The van der Waals surface area contributed by atoms with Crippen LogP contribution in [0.3, 0.4) is 0 Å². The van der Waals surface area contributed by atoms with Crippen molar-refractivity contribution in [1.82, 2.24) is 59.8 Å². The highest BCUT2D eigenvalue weighted by Gasteiger charge is 2.26. The summed E-state index contributed by atoms with van der Waals surface area (Å²) in [6.45, 7) is 2.88. The van der Waals surface area contributed by atoms with Crippen molar-refractivity contribution >= 4 is 105 Å². The summed E-state index contributed by atoms with van der Waals surface area (Å²) in [5.74, 6) is -0.207. The van der Waals surface area contributed by atoms with Crippen LogP contribution in [0.1, 0.15) is 41.4 Å². The van der Waals surface area contributed by atoms with Crippen molar-refractivity contribution in [2.45, 2.75) is 19.9 Å². The summed E-state index contributed by atoms with van der Waals surface area (Å²) < 4.78 is 0. The summed E-state index contributed by atoms with van der Waals surface area (Å²) in [5, 5.41) is 29.0. The van der Waals surface area contributed by atoms with E-state index in [0.717, 1.165) is 107 Å². The number of nitrogens with two attached hydrogens (primary N) is 1. The molecule has 2 amide bonds. The van der Waals surface area contributed by atoms with Crippen molar-refractivity contribution in [1.29, 1.82) is 0 Å². The number of fused-ring (bicyclic) bond motifs is 5. The van der Waals surface area contributed by atoms with Crippen LogP contribution < -0.4 is 21.7 Å². The molecule has 1 aliphatic rings. The van der Waals surface area contributed by atoms with Crippen LogP contribution in [-0.2, 0) is 9.59 Å². The second-order valence-electron chi connectivity index (χ2n) is 19.1. The number of phenols is 1. The zero-order chi connectivity index (χ0) is 62.5. The topological polar surface area (TPSA) is 320 Å². The molecule has 21 nitrogen and oxygen atoms in total. The van der Waals surface area contributed by atoms with Gasteiger partial charge in [-0.3, -0.25) is 14.4 Å². The predicted molar refractivity (Wildman–Crippen MR) is 350 cm³/mol. The van der Waals surface area contributed by atoms with Gasteiger partial charge in [-0.05, 0) is 54.1 Å². The van der Waals surface area contributed by atoms with Crippen LogP contribution in [-0.4, -0.2) is 96.1 Å². The molecule has 9 heterocycles. The lowest BCUT2D eigenvalue weighted by Crippen LogP contribution is -2.11. The number of aldehydes is 1. The van der Waals surface area contributed by atoms with E-state index in [0.29, 0.717) is 10.8 Å². The Morgan fingerprint density at radius 2 is 0.989 bits per heavy atom. The van der Waals surface area contributed by atoms with Crippen molar-refractivity contribution in [3.05, 3.63) is 248 Å². The number of aromatic amines is 4. The van der Waals surface area contributed by atoms with Crippen LogP contribution in [0, 0.1) is 0 Å². The van der Waals surface area contributed by atoms with Crippen LogP contribution in [0.4, 0.5) is 22.7 Å². The Labute approximate surface area is 515 Å². The molecule has 89 heavy (non-hydrogen) atoms. The molecule has 0 fully saturated rings. The SMILES string of the molecule is CC(=O)Nc1ccccc1-c1ncnc2[nH]ccc12.CC(=O)Nc1ccccc1O.Clc1ncnc2[nH]ccc12.Nc1ccccc1-c1ncnc2[nH]ccc12.O=Cc1ccccc1.[B]O.c1ccc(C2Nc3ccccc3-c3ncnc4[nH]cc2c34)cc1. The summed E-state index contributed by atoms with van der Waals surface area (Å²) in [7, 11) is 3.50. The number of anilines is 4. The maximum absolute atomic E-state index is 11.3. The lowest BCUT2D eigenvalue weighted by molar-refractivity contribution is -0.115. The number of halogens is 1. The van der Waals surface area contributed by atoms with E-state index in [2.05, 4.69) is 120 Å². The lowest BCUT2D eigenvalue weighted by Gasteiger charge is -2.19. The highest BCUT2D eigenvalue weighted by molar-refractivity contribution is 6.33. The van der Waals surface area contributed by atoms with Crippen molar-refractivity contribution < 1.29 is 24.5 Å². The number of carbonyl (C=O) groups excluding carboxylic acids is 3. The van der Waals surface area contributed by atoms with Crippen molar-refractivity contribution in [2.75, 3.05) is 21.7 Å². The van der Waals surface area contributed by atoms with Crippen molar-refractivity contribution in [3.63, 3.8) is 0 Å². The quantitative estimate of drug-likeness (QED) is 0.0243. The molecule has 8 aromatic heterocycles. The second kappa shape index (κ2) is 30.3. The number of aromatic nitrogens is 12. The monoisotopic (exact) mass is 1200 g/mol. The number of rotatable bonds is 6. The largest absolute Gasteiger partial charge is 0.506 e. The number of amides is 2. The van der Waals surface area contributed by atoms with E-state index in [1.807, 2.05) is 122 Å². The van der Waals surface area contributed by atoms with Gasteiger partial charge in [0.2, 0.25) is 11.8 Å². The minimum atomic E-state index is -0.188. The first kappa shape index (κ1) is 61.7. The molecule has 2 radical (unpaired) electrons. The Bertz CT molecular complexity index is 4640. The fraction of sp³-hybridized carbons (Fsp3) is 0.0455. The normalized spacial score (nSPS) is 11.4. The number of hydrogen-bond acceptors (Lipinski definition) is 15. The number of nitrogen functional groups attached to an aromatic ring is 1. The number of nitrogens with one attached hydrogen (secondary N) is 7. The molecular formula is C66H56BClN16O5. The van der Waals surface area contributed by atoms with Gasteiger partial charge >= 0.3 is 0 Å². The van der Waals surface area contributed by atoms with Gasteiger partial charge in [0.15, 0.2) is 0 Å².